The second-order valence-electron chi connectivity index (χ2n) is 4.20. The Hall–Kier alpha value is -1.86. The third kappa shape index (κ3) is 2.88. The maximum absolute atomic E-state index is 8.62. The van der Waals surface area contributed by atoms with Gasteiger partial charge in [-0.25, -0.2) is 4.98 Å². The summed E-state index contributed by atoms with van der Waals surface area (Å²) in [5.41, 5.74) is 5.07. The standard InChI is InChI=1S/C14H15N3S/c1-10-14(18-9-16-10)11(2)17-13-5-3-12(4-6-13)7-8-15/h3-6,9,11,17H,7H2,1-2H3. The SMILES string of the molecule is Cc1ncsc1C(C)Nc1ccc(CC#N)cc1. The van der Waals surface area contributed by atoms with E-state index in [1.165, 1.54) is 4.88 Å². The number of aromatic nitrogens is 1. The average molecular weight is 257 g/mol. The topological polar surface area (TPSA) is 48.7 Å². The maximum Gasteiger partial charge on any atom is 0.0798 e. The fourth-order valence-corrected chi connectivity index (χ4v) is 2.66. The molecule has 2 rings (SSSR count). The summed E-state index contributed by atoms with van der Waals surface area (Å²) in [7, 11) is 0. The number of nitriles is 1. The lowest BCUT2D eigenvalue weighted by Crippen LogP contribution is -2.06. The molecule has 0 saturated heterocycles. The van der Waals surface area contributed by atoms with Crippen LogP contribution in [0.25, 0.3) is 0 Å². The van der Waals surface area contributed by atoms with Gasteiger partial charge in [0, 0.05) is 10.6 Å². The highest BCUT2D eigenvalue weighted by molar-refractivity contribution is 7.09. The third-order valence-corrected chi connectivity index (χ3v) is 3.91. The Labute approximate surface area is 111 Å². The van der Waals surface area contributed by atoms with E-state index in [-0.39, 0.29) is 6.04 Å². The van der Waals surface area contributed by atoms with Gasteiger partial charge in [-0.1, -0.05) is 12.1 Å². The molecule has 1 atom stereocenters. The van der Waals surface area contributed by atoms with E-state index in [2.05, 4.69) is 23.3 Å². The van der Waals surface area contributed by atoms with E-state index < -0.39 is 0 Å². The minimum atomic E-state index is 0.249. The van der Waals surface area contributed by atoms with Gasteiger partial charge >= 0.3 is 0 Å². The molecular weight excluding hydrogens is 242 g/mol. The van der Waals surface area contributed by atoms with Gasteiger partial charge in [0.15, 0.2) is 0 Å². The Morgan fingerprint density at radius 1 is 1.39 bits per heavy atom. The lowest BCUT2D eigenvalue weighted by Gasteiger charge is -2.14. The summed E-state index contributed by atoms with van der Waals surface area (Å²) < 4.78 is 0. The molecule has 2 aromatic rings. The predicted octanol–water partition coefficient (Wildman–Crippen LogP) is 3.69. The van der Waals surface area contributed by atoms with Crippen molar-refractivity contribution < 1.29 is 0 Å². The molecule has 0 aliphatic rings. The van der Waals surface area contributed by atoms with E-state index in [9.17, 15) is 0 Å². The summed E-state index contributed by atoms with van der Waals surface area (Å²) >= 11 is 1.67. The molecule has 0 bridgehead atoms. The molecule has 0 aliphatic heterocycles. The molecule has 0 spiro atoms. The number of thiazole rings is 1. The fourth-order valence-electron chi connectivity index (χ4n) is 1.85. The number of rotatable bonds is 4. The van der Waals surface area contributed by atoms with Gasteiger partial charge in [0.25, 0.3) is 0 Å². The first-order valence-electron chi connectivity index (χ1n) is 5.83. The molecule has 92 valence electrons. The van der Waals surface area contributed by atoms with Crippen LogP contribution in [0, 0.1) is 18.3 Å². The third-order valence-electron chi connectivity index (χ3n) is 2.80. The largest absolute Gasteiger partial charge is 0.378 e. The normalized spacial score (nSPS) is 11.8. The zero-order chi connectivity index (χ0) is 13.0. The number of benzene rings is 1. The zero-order valence-electron chi connectivity index (χ0n) is 10.5. The summed E-state index contributed by atoms with van der Waals surface area (Å²) in [6.07, 6.45) is 0.462. The van der Waals surface area contributed by atoms with Gasteiger partial charge in [-0.05, 0) is 31.5 Å². The molecule has 1 heterocycles. The van der Waals surface area contributed by atoms with Gasteiger partial charge in [-0.15, -0.1) is 11.3 Å². The van der Waals surface area contributed by atoms with Gasteiger partial charge in [0.05, 0.1) is 29.7 Å². The number of nitrogens with one attached hydrogen (secondary N) is 1. The molecule has 0 amide bonds. The minimum absolute atomic E-state index is 0.249. The lowest BCUT2D eigenvalue weighted by atomic mass is 10.1. The molecule has 1 aromatic carbocycles. The van der Waals surface area contributed by atoms with Crippen LogP contribution in [-0.4, -0.2) is 4.98 Å². The quantitative estimate of drug-likeness (QED) is 0.908. The Kier molecular flexibility index (Phi) is 3.96. The van der Waals surface area contributed by atoms with Gasteiger partial charge in [0.1, 0.15) is 0 Å². The van der Waals surface area contributed by atoms with Crippen molar-refractivity contribution in [3.63, 3.8) is 0 Å². The van der Waals surface area contributed by atoms with Crippen molar-refractivity contribution in [2.75, 3.05) is 5.32 Å². The van der Waals surface area contributed by atoms with Crippen molar-refractivity contribution in [3.05, 3.63) is 45.9 Å². The summed E-state index contributed by atoms with van der Waals surface area (Å²) in [6, 6.07) is 10.4. The molecule has 1 N–H and O–H groups in total. The average Bonchev–Trinajstić information content (AvgIpc) is 2.78. The van der Waals surface area contributed by atoms with E-state index in [1.807, 2.05) is 36.7 Å². The summed E-state index contributed by atoms with van der Waals surface area (Å²) in [5, 5.41) is 12.1. The Bertz CT molecular complexity index is 551. The van der Waals surface area contributed by atoms with Crippen LogP contribution in [0.1, 0.15) is 29.1 Å². The molecule has 0 fully saturated rings. The molecule has 18 heavy (non-hydrogen) atoms. The molecule has 4 heteroatoms. The highest BCUT2D eigenvalue weighted by Crippen LogP contribution is 2.25. The minimum Gasteiger partial charge on any atom is -0.378 e. The molecule has 0 aliphatic carbocycles. The number of hydrogen-bond donors (Lipinski definition) is 1. The Morgan fingerprint density at radius 3 is 2.67 bits per heavy atom. The summed E-state index contributed by atoms with van der Waals surface area (Å²) in [6.45, 7) is 4.16. The van der Waals surface area contributed by atoms with Crippen molar-refractivity contribution in [2.24, 2.45) is 0 Å². The van der Waals surface area contributed by atoms with E-state index in [4.69, 9.17) is 5.26 Å². The number of hydrogen-bond acceptors (Lipinski definition) is 4. The van der Waals surface area contributed by atoms with Crippen molar-refractivity contribution >= 4 is 17.0 Å². The van der Waals surface area contributed by atoms with Crippen LogP contribution in [0.4, 0.5) is 5.69 Å². The lowest BCUT2D eigenvalue weighted by molar-refractivity contribution is 0.890. The van der Waals surface area contributed by atoms with E-state index in [0.29, 0.717) is 6.42 Å². The van der Waals surface area contributed by atoms with E-state index in [1.54, 1.807) is 11.3 Å². The smallest absolute Gasteiger partial charge is 0.0798 e. The maximum atomic E-state index is 8.62. The number of nitrogens with zero attached hydrogens (tertiary/aromatic N) is 2. The highest BCUT2D eigenvalue weighted by atomic mass is 32.1. The van der Waals surface area contributed by atoms with Gasteiger partial charge < -0.3 is 5.32 Å². The first-order chi connectivity index (χ1) is 8.70. The van der Waals surface area contributed by atoms with Crippen LogP contribution >= 0.6 is 11.3 Å². The van der Waals surface area contributed by atoms with Gasteiger partial charge in [-0.3, -0.25) is 0 Å². The Balaban J connectivity index is 2.06. The first-order valence-corrected chi connectivity index (χ1v) is 6.71. The fraction of sp³-hybridized carbons (Fsp3) is 0.286. The number of anilines is 1. The molecule has 1 aromatic heterocycles. The molecular formula is C14H15N3S. The second kappa shape index (κ2) is 5.65. The summed E-state index contributed by atoms with van der Waals surface area (Å²) in [4.78, 5) is 5.52. The molecule has 3 nitrogen and oxygen atoms in total. The first kappa shape index (κ1) is 12.6. The van der Waals surface area contributed by atoms with Crippen molar-refractivity contribution in [1.29, 1.82) is 5.26 Å². The van der Waals surface area contributed by atoms with Crippen LogP contribution < -0.4 is 5.32 Å². The van der Waals surface area contributed by atoms with Crippen LogP contribution in [0.5, 0.6) is 0 Å². The van der Waals surface area contributed by atoms with Gasteiger partial charge in [-0.2, -0.15) is 5.26 Å². The highest BCUT2D eigenvalue weighted by Gasteiger charge is 2.10. The van der Waals surface area contributed by atoms with Crippen molar-refractivity contribution in [2.45, 2.75) is 26.3 Å². The predicted molar refractivity (Wildman–Crippen MR) is 74.6 cm³/mol. The van der Waals surface area contributed by atoms with Crippen molar-refractivity contribution in [1.82, 2.24) is 4.98 Å². The van der Waals surface area contributed by atoms with Crippen LogP contribution in [-0.2, 0) is 6.42 Å². The van der Waals surface area contributed by atoms with Crippen LogP contribution in [0.3, 0.4) is 0 Å². The van der Waals surface area contributed by atoms with E-state index in [0.717, 1.165) is 16.9 Å². The summed E-state index contributed by atoms with van der Waals surface area (Å²) in [5.74, 6) is 0. The zero-order valence-corrected chi connectivity index (χ0v) is 11.3. The van der Waals surface area contributed by atoms with Crippen molar-refractivity contribution in [3.8, 4) is 6.07 Å². The molecule has 1 unspecified atom stereocenters. The molecule has 0 saturated carbocycles. The second-order valence-corrected chi connectivity index (χ2v) is 5.09. The van der Waals surface area contributed by atoms with Crippen LogP contribution in [0.2, 0.25) is 0 Å². The van der Waals surface area contributed by atoms with Crippen LogP contribution in [0.15, 0.2) is 29.8 Å². The Morgan fingerprint density at radius 2 is 2.11 bits per heavy atom. The van der Waals surface area contributed by atoms with Gasteiger partial charge in [0.2, 0.25) is 0 Å². The van der Waals surface area contributed by atoms with E-state index >= 15 is 0 Å². The monoisotopic (exact) mass is 257 g/mol. The number of aryl methyl sites for hydroxylation is 1. The molecule has 0 radical (unpaired) electrons.